The third kappa shape index (κ3) is 3.49. The Labute approximate surface area is 189 Å². The van der Waals surface area contributed by atoms with Crippen molar-refractivity contribution in [1.82, 2.24) is 24.2 Å². The minimum atomic E-state index is 0.00546. The van der Waals surface area contributed by atoms with E-state index in [1.165, 1.54) is 12.8 Å². The SMILES string of the molecule is COc1ccc(-n2c(C)cc(C(=O)N3CCCC3c3nnc4n3CCCCC4)c2C)cc1. The molecule has 1 unspecified atom stereocenters. The Hall–Kier alpha value is -3.09. The molecule has 5 rings (SSSR count). The number of amides is 1. The van der Waals surface area contributed by atoms with Gasteiger partial charge in [0.25, 0.3) is 5.91 Å². The van der Waals surface area contributed by atoms with Crippen LogP contribution < -0.4 is 4.74 Å². The maximum Gasteiger partial charge on any atom is 0.256 e. The lowest BCUT2D eigenvalue weighted by atomic mass is 10.1. The molecule has 7 nitrogen and oxygen atoms in total. The van der Waals surface area contributed by atoms with E-state index in [-0.39, 0.29) is 11.9 Å². The van der Waals surface area contributed by atoms with Crippen molar-refractivity contribution in [3.05, 3.63) is 58.9 Å². The highest BCUT2D eigenvalue weighted by Crippen LogP contribution is 2.35. The number of nitrogens with zero attached hydrogens (tertiary/aromatic N) is 5. The summed E-state index contributed by atoms with van der Waals surface area (Å²) in [6.07, 6.45) is 6.48. The van der Waals surface area contributed by atoms with Gasteiger partial charge in [-0.25, -0.2) is 0 Å². The number of hydrogen-bond acceptors (Lipinski definition) is 4. The molecule has 0 radical (unpaired) electrons. The Morgan fingerprint density at radius 3 is 2.62 bits per heavy atom. The van der Waals surface area contributed by atoms with Gasteiger partial charge in [0, 0.05) is 36.6 Å². The standard InChI is InChI=1S/C25H31N5O2/c1-17-16-21(18(2)30(17)19-10-12-20(32-3)13-11-19)25(31)28-15-7-8-22(28)24-27-26-23-9-5-4-6-14-29(23)24/h10-13,16,22H,4-9,14-15H2,1-3H3. The summed E-state index contributed by atoms with van der Waals surface area (Å²) < 4.78 is 9.71. The van der Waals surface area contributed by atoms with E-state index in [1.807, 2.05) is 49.1 Å². The highest BCUT2D eigenvalue weighted by Gasteiger charge is 2.36. The molecule has 32 heavy (non-hydrogen) atoms. The number of likely N-dealkylation sites (tertiary alicyclic amines) is 1. The highest BCUT2D eigenvalue weighted by molar-refractivity contribution is 5.96. The Bertz CT molecular complexity index is 1130. The van der Waals surface area contributed by atoms with Crippen LogP contribution in [-0.4, -0.2) is 43.8 Å². The van der Waals surface area contributed by atoms with Crippen LogP contribution in [0.5, 0.6) is 5.75 Å². The molecule has 0 spiro atoms. The van der Waals surface area contributed by atoms with Gasteiger partial charge in [-0.3, -0.25) is 4.79 Å². The monoisotopic (exact) mass is 433 g/mol. The summed E-state index contributed by atoms with van der Waals surface area (Å²) in [4.78, 5) is 15.8. The van der Waals surface area contributed by atoms with Gasteiger partial charge >= 0.3 is 0 Å². The topological polar surface area (TPSA) is 65.2 Å². The first-order chi connectivity index (χ1) is 15.6. The van der Waals surface area contributed by atoms with Crippen LogP contribution in [0.4, 0.5) is 0 Å². The summed E-state index contributed by atoms with van der Waals surface area (Å²) in [5, 5.41) is 9.04. The Balaban J connectivity index is 1.46. The van der Waals surface area contributed by atoms with E-state index >= 15 is 0 Å². The predicted octanol–water partition coefficient (Wildman–Crippen LogP) is 4.40. The van der Waals surface area contributed by atoms with Crippen LogP contribution in [0.2, 0.25) is 0 Å². The van der Waals surface area contributed by atoms with E-state index < -0.39 is 0 Å². The van der Waals surface area contributed by atoms with Gasteiger partial charge in [0.05, 0.1) is 18.7 Å². The normalized spacial score (nSPS) is 18.5. The first-order valence-electron chi connectivity index (χ1n) is 11.6. The van der Waals surface area contributed by atoms with E-state index in [4.69, 9.17) is 4.74 Å². The van der Waals surface area contributed by atoms with Crippen LogP contribution in [0.3, 0.4) is 0 Å². The third-order valence-corrected chi connectivity index (χ3v) is 6.94. The zero-order valence-electron chi connectivity index (χ0n) is 19.2. The molecule has 0 bridgehead atoms. The molecule has 2 aliphatic rings. The summed E-state index contributed by atoms with van der Waals surface area (Å²) in [5.41, 5.74) is 3.80. The number of ether oxygens (including phenoxy) is 1. The molecule has 7 heteroatoms. The quantitative estimate of drug-likeness (QED) is 0.612. The summed E-state index contributed by atoms with van der Waals surface area (Å²) >= 11 is 0. The van der Waals surface area contributed by atoms with Gasteiger partial charge in [-0.2, -0.15) is 0 Å². The van der Waals surface area contributed by atoms with Crippen molar-refractivity contribution in [3.63, 3.8) is 0 Å². The first kappa shape index (κ1) is 20.8. The fraction of sp³-hybridized carbons (Fsp3) is 0.480. The number of methoxy groups -OCH3 is 1. The van der Waals surface area contributed by atoms with Crippen LogP contribution >= 0.6 is 0 Å². The molecule has 0 aliphatic carbocycles. The zero-order valence-corrected chi connectivity index (χ0v) is 19.2. The number of carbonyl (C=O) groups excluding carboxylic acids is 1. The van der Waals surface area contributed by atoms with Crippen molar-refractivity contribution < 1.29 is 9.53 Å². The molecule has 1 amide bonds. The van der Waals surface area contributed by atoms with Crippen molar-refractivity contribution in [3.8, 4) is 11.4 Å². The molecule has 1 atom stereocenters. The minimum absolute atomic E-state index is 0.00546. The molecule has 1 fully saturated rings. The Kier molecular flexibility index (Phi) is 5.49. The van der Waals surface area contributed by atoms with Crippen LogP contribution in [0.1, 0.15) is 71.5 Å². The van der Waals surface area contributed by atoms with Crippen LogP contribution in [0.15, 0.2) is 30.3 Å². The molecule has 2 aliphatic heterocycles. The second-order valence-corrected chi connectivity index (χ2v) is 8.91. The van der Waals surface area contributed by atoms with Gasteiger partial charge < -0.3 is 18.8 Å². The van der Waals surface area contributed by atoms with Crippen LogP contribution in [0.25, 0.3) is 5.69 Å². The van der Waals surface area contributed by atoms with Gasteiger partial charge in [0.15, 0.2) is 5.82 Å². The van der Waals surface area contributed by atoms with Gasteiger partial charge in [0.1, 0.15) is 11.6 Å². The van der Waals surface area contributed by atoms with Crippen molar-refractivity contribution in [2.45, 2.75) is 65.0 Å². The molecule has 1 aromatic carbocycles. The van der Waals surface area contributed by atoms with E-state index in [2.05, 4.69) is 19.3 Å². The number of carbonyl (C=O) groups is 1. The summed E-state index contributed by atoms with van der Waals surface area (Å²) in [7, 11) is 1.67. The lowest BCUT2D eigenvalue weighted by Gasteiger charge is -2.25. The fourth-order valence-corrected chi connectivity index (χ4v) is 5.29. The number of benzene rings is 1. The number of fused-ring (bicyclic) bond motifs is 1. The summed E-state index contributed by atoms with van der Waals surface area (Å²) in [6.45, 7) is 5.80. The third-order valence-electron chi connectivity index (χ3n) is 6.94. The number of aromatic nitrogens is 4. The van der Waals surface area contributed by atoms with Crippen molar-refractivity contribution in [2.75, 3.05) is 13.7 Å². The number of aryl methyl sites for hydroxylation is 2. The van der Waals surface area contributed by atoms with Gasteiger partial charge in [-0.05, 0) is 69.9 Å². The second kappa shape index (κ2) is 8.45. The maximum absolute atomic E-state index is 13.7. The number of rotatable bonds is 4. The van der Waals surface area contributed by atoms with E-state index in [1.54, 1.807) is 7.11 Å². The summed E-state index contributed by atoms with van der Waals surface area (Å²) in [5.74, 6) is 2.96. The molecule has 3 aromatic rings. The van der Waals surface area contributed by atoms with Gasteiger partial charge in [-0.1, -0.05) is 6.42 Å². The largest absolute Gasteiger partial charge is 0.497 e. The van der Waals surface area contributed by atoms with Crippen molar-refractivity contribution in [1.29, 1.82) is 0 Å². The minimum Gasteiger partial charge on any atom is -0.497 e. The van der Waals surface area contributed by atoms with Gasteiger partial charge in [0.2, 0.25) is 0 Å². The molecule has 0 saturated carbocycles. The molecule has 4 heterocycles. The van der Waals surface area contributed by atoms with E-state index in [0.717, 1.165) is 78.8 Å². The Morgan fingerprint density at radius 1 is 1.03 bits per heavy atom. The molecular weight excluding hydrogens is 402 g/mol. The van der Waals surface area contributed by atoms with Crippen LogP contribution in [0, 0.1) is 13.8 Å². The second-order valence-electron chi connectivity index (χ2n) is 8.91. The van der Waals surface area contributed by atoms with Crippen molar-refractivity contribution >= 4 is 5.91 Å². The molecular formula is C25H31N5O2. The molecule has 0 N–H and O–H groups in total. The lowest BCUT2D eigenvalue weighted by molar-refractivity contribution is 0.0726. The predicted molar refractivity (Wildman–Crippen MR) is 122 cm³/mol. The summed E-state index contributed by atoms with van der Waals surface area (Å²) in [6, 6.07) is 9.97. The van der Waals surface area contributed by atoms with Crippen LogP contribution in [-0.2, 0) is 13.0 Å². The maximum atomic E-state index is 13.7. The van der Waals surface area contributed by atoms with Crippen molar-refractivity contribution in [2.24, 2.45) is 0 Å². The smallest absolute Gasteiger partial charge is 0.256 e. The lowest BCUT2D eigenvalue weighted by Crippen LogP contribution is -2.32. The van der Waals surface area contributed by atoms with Gasteiger partial charge in [-0.15, -0.1) is 10.2 Å². The molecule has 168 valence electrons. The van der Waals surface area contributed by atoms with E-state index in [0.29, 0.717) is 0 Å². The number of hydrogen-bond donors (Lipinski definition) is 0. The van der Waals surface area contributed by atoms with E-state index in [9.17, 15) is 4.79 Å². The average molecular weight is 434 g/mol. The Morgan fingerprint density at radius 2 is 1.84 bits per heavy atom. The zero-order chi connectivity index (χ0) is 22.2. The molecule has 2 aromatic heterocycles. The average Bonchev–Trinajstić information content (AvgIpc) is 3.46. The first-order valence-corrected chi connectivity index (χ1v) is 11.6. The molecule has 1 saturated heterocycles. The highest BCUT2D eigenvalue weighted by atomic mass is 16.5. The fourth-order valence-electron chi connectivity index (χ4n) is 5.29.